The Balaban J connectivity index is 1.79. The Morgan fingerprint density at radius 3 is 2.52 bits per heavy atom. The highest BCUT2D eigenvalue weighted by Gasteiger charge is 2.15. The van der Waals surface area contributed by atoms with Crippen molar-refractivity contribution in [2.75, 3.05) is 25.6 Å². The first-order chi connectivity index (χ1) is 13.9. The van der Waals surface area contributed by atoms with Crippen LogP contribution >= 0.6 is 0 Å². The van der Waals surface area contributed by atoms with Gasteiger partial charge in [-0.2, -0.15) is 0 Å². The number of hydrogen-bond acceptors (Lipinski definition) is 7. The van der Waals surface area contributed by atoms with Gasteiger partial charge in [-0.3, -0.25) is 4.79 Å². The second-order valence-corrected chi connectivity index (χ2v) is 6.85. The minimum atomic E-state index is -0.532. The van der Waals surface area contributed by atoms with Crippen molar-refractivity contribution < 1.29 is 18.4 Å². The maximum absolute atomic E-state index is 11.9. The van der Waals surface area contributed by atoms with Gasteiger partial charge in [-0.1, -0.05) is 0 Å². The topological polar surface area (TPSA) is 85.8 Å². The molecule has 0 aliphatic heterocycles. The first-order valence-corrected chi connectivity index (χ1v) is 9.25. The molecule has 0 N–H and O–H groups in total. The maximum atomic E-state index is 11.9. The van der Waals surface area contributed by atoms with E-state index < -0.39 is 11.6 Å². The summed E-state index contributed by atoms with van der Waals surface area (Å²) in [5.74, 6) is 0.0659. The average Bonchev–Trinajstić information content (AvgIpc) is 3.09. The summed E-state index contributed by atoms with van der Waals surface area (Å²) in [6.07, 6.45) is -0.0157. The fourth-order valence-electron chi connectivity index (χ4n) is 3.19. The van der Waals surface area contributed by atoms with Gasteiger partial charge in [-0.05, 0) is 42.8 Å². The highest BCUT2D eigenvalue weighted by Crippen LogP contribution is 2.30. The van der Waals surface area contributed by atoms with Crippen molar-refractivity contribution >= 4 is 33.7 Å². The van der Waals surface area contributed by atoms with Crippen LogP contribution in [0.5, 0.6) is 0 Å². The molecule has 0 fully saturated rings. The zero-order valence-corrected chi connectivity index (χ0v) is 16.4. The Kier molecular flexibility index (Phi) is 4.80. The number of fused-ring (bicyclic) bond motifs is 2. The van der Waals surface area contributed by atoms with Crippen LogP contribution in [0.1, 0.15) is 12.5 Å². The summed E-state index contributed by atoms with van der Waals surface area (Å²) in [5.41, 5.74) is 3.37. The number of esters is 1. The normalized spacial score (nSPS) is 11.1. The van der Waals surface area contributed by atoms with Gasteiger partial charge in [0.1, 0.15) is 11.1 Å². The van der Waals surface area contributed by atoms with Crippen LogP contribution in [-0.2, 0) is 16.0 Å². The van der Waals surface area contributed by atoms with E-state index in [0.717, 1.165) is 11.3 Å². The van der Waals surface area contributed by atoms with Gasteiger partial charge in [-0.25, -0.2) is 9.78 Å². The Hall–Kier alpha value is -3.61. The zero-order chi connectivity index (χ0) is 20.5. The molecule has 29 heavy (non-hydrogen) atoms. The van der Waals surface area contributed by atoms with Crippen LogP contribution in [0.3, 0.4) is 0 Å². The summed E-state index contributed by atoms with van der Waals surface area (Å²) in [6.45, 7) is 2.02. The summed E-state index contributed by atoms with van der Waals surface area (Å²) in [4.78, 5) is 30.4. The third-order valence-electron chi connectivity index (χ3n) is 4.61. The lowest BCUT2D eigenvalue weighted by Crippen LogP contribution is -2.10. The number of ether oxygens (including phenoxy) is 1. The van der Waals surface area contributed by atoms with Crippen LogP contribution in [0.15, 0.2) is 56.1 Å². The number of benzene rings is 2. The molecule has 4 rings (SSSR count). The molecule has 0 amide bonds. The molecule has 0 saturated heterocycles. The van der Waals surface area contributed by atoms with E-state index in [4.69, 9.17) is 13.6 Å². The molecule has 148 valence electrons. The molecule has 0 atom stereocenters. The van der Waals surface area contributed by atoms with E-state index in [0.29, 0.717) is 33.5 Å². The van der Waals surface area contributed by atoms with Gasteiger partial charge < -0.3 is 18.5 Å². The quantitative estimate of drug-likeness (QED) is 0.377. The molecule has 0 unspecified atom stereocenters. The van der Waals surface area contributed by atoms with Crippen LogP contribution in [0.25, 0.3) is 33.5 Å². The molecule has 0 saturated carbocycles. The van der Waals surface area contributed by atoms with Crippen LogP contribution < -0.4 is 10.5 Å². The molecule has 2 heterocycles. The first-order valence-electron chi connectivity index (χ1n) is 9.25. The number of hydrogen-bond donors (Lipinski definition) is 0. The molecule has 0 bridgehead atoms. The van der Waals surface area contributed by atoms with Gasteiger partial charge in [0.15, 0.2) is 5.58 Å². The summed E-state index contributed by atoms with van der Waals surface area (Å²) in [7, 11) is 3.95. The Labute approximate surface area is 166 Å². The molecule has 4 aromatic rings. The first kappa shape index (κ1) is 18.7. The summed E-state index contributed by atoms with van der Waals surface area (Å²) >= 11 is 0. The van der Waals surface area contributed by atoms with E-state index in [-0.39, 0.29) is 13.0 Å². The lowest BCUT2D eigenvalue weighted by atomic mass is 10.1. The SMILES string of the molecule is CCOC(=O)Cc1cc(=O)oc2cc3oc(-c4ccc(N(C)C)cc4)nc3cc12. The molecular formula is C22H20N2O5. The fraction of sp³-hybridized carbons (Fsp3) is 0.227. The maximum Gasteiger partial charge on any atom is 0.336 e. The van der Waals surface area contributed by atoms with Gasteiger partial charge in [0, 0.05) is 42.9 Å². The van der Waals surface area contributed by atoms with Gasteiger partial charge in [0.2, 0.25) is 5.89 Å². The monoisotopic (exact) mass is 392 g/mol. The van der Waals surface area contributed by atoms with Crippen molar-refractivity contribution in [1.29, 1.82) is 0 Å². The zero-order valence-electron chi connectivity index (χ0n) is 16.4. The molecule has 2 aromatic carbocycles. The van der Waals surface area contributed by atoms with Crippen molar-refractivity contribution in [3.63, 3.8) is 0 Å². The van der Waals surface area contributed by atoms with Crippen LogP contribution in [0.4, 0.5) is 5.69 Å². The number of aromatic nitrogens is 1. The summed E-state index contributed by atoms with van der Waals surface area (Å²) < 4.78 is 16.2. The number of oxazole rings is 1. The molecule has 7 nitrogen and oxygen atoms in total. The van der Waals surface area contributed by atoms with E-state index in [1.54, 1.807) is 19.1 Å². The summed E-state index contributed by atoms with van der Waals surface area (Å²) in [6, 6.07) is 12.5. The molecule has 0 aliphatic rings. The number of rotatable bonds is 5. The minimum Gasteiger partial charge on any atom is -0.466 e. The van der Waals surface area contributed by atoms with Gasteiger partial charge in [-0.15, -0.1) is 0 Å². The van der Waals surface area contributed by atoms with Gasteiger partial charge in [0.05, 0.1) is 13.0 Å². The van der Waals surface area contributed by atoms with Crippen molar-refractivity contribution in [1.82, 2.24) is 4.98 Å². The largest absolute Gasteiger partial charge is 0.466 e. The van der Waals surface area contributed by atoms with Gasteiger partial charge >= 0.3 is 11.6 Å². The lowest BCUT2D eigenvalue weighted by molar-refractivity contribution is -0.142. The van der Waals surface area contributed by atoms with E-state index in [1.165, 1.54) is 6.07 Å². The van der Waals surface area contributed by atoms with Crippen LogP contribution in [0, 0.1) is 0 Å². The lowest BCUT2D eigenvalue weighted by Gasteiger charge is -2.11. The van der Waals surface area contributed by atoms with Gasteiger partial charge in [0.25, 0.3) is 0 Å². The smallest absolute Gasteiger partial charge is 0.336 e. The Morgan fingerprint density at radius 1 is 1.07 bits per heavy atom. The number of nitrogens with zero attached hydrogens (tertiary/aromatic N) is 2. The highest BCUT2D eigenvalue weighted by atomic mass is 16.5. The second kappa shape index (κ2) is 7.43. The number of carbonyl (C=O) groups excluding carboxylic acids is 1. The third-order valence-corrected chi connectivity index (χ3v) is 4.61. The predicted octanol–water partition coefficient (Wildman–Crippen LogP) is 3.77. The highest BCUT2D eigenvalue weighted by molar-refractivity contribution is 5.95. The van der Waals surface area contributed by atoms with Crippen molar-refractivity contribution in [3.8, 4) is 11.5 Å². The van der Waals surface area contributed by atoms with Crippen molar-refractivity contribution in [2.45, 2.75) is 13.3 Å². The minimum absolute atomic E-state index is 0.0157. The molecule has 0 radical (unpaired) electrons. The van der Waals surface area contributed by atoms with Crippen molar-refractivity contribution in [2.24, 2.45) is 0 Å². The van der Waals surface area contributed by atoms with E-state index in [2.05, 4.69) is 4.98 Å². The fourth-order valence-corrected chi connectivity index (χ4v) is 3.19. The molecule has 2 aromatic heterocycles. The standard InChI is InChI=1S/C22H20N2O5/c1-4-27-20(25)9-14-10-21(26)28-18-12-19-17(11-16(14)18)23-22(29-19)13-5-7-15(8-6-13)24(2)3/h5-8,10-12H,4,9H2,1-3H3. The summed E-state index contributed by atoms with van der Waals surface area (Å²) in [5, 5.41) is 0.632. The van der Waals surface area contributed by atoms with E-state index >= 15 is 0 Å². The third kappa shape index (κ3) is 3.71. The van der Waals surface area contributed by atoms with E-state index in [1.807, 2.05) is 43.3 Å². The van der Waals surface area contributed by atoms with Crippen molar-refractivity contribution in [3.05, 3.63) is 58.4 Å². The molecule has 0 spiro atoms. The Bertz CT molecular complexity index is 1250. The van der Waals surface area contributed by atoms with Crippen LogP contribution in [0.2, 0.25) is 0 Å². The van der Waals surface area contributed by atoms with Crippen LogP contribution in [-0.4, -0.2) is 31.7 Å². The second-order valence-electron chi connectivity index (χ2n) is 6.85. The average molecular weight is 392 g/mol. The molecular weight excluding hydrogens is 372 g/mol. The Morgan fingerprint density at radius 2 is 1.83 bits per heavy atom. The van der Waals surface area contributed by atoms with E-state index in [9.17, 15) is 9.59 Å². The number of anilines is 1. The number of carbonyl (C=O) groups is 1. The molecule has 0 aliphatic carbocycles. The predicted molar refractivity (Wildman–Crippen MR) is 110 cm³/mol. The molecule has 7 heteroatoms.